The molecule has 0 spiro atoms. The number of rotatable bonds is 6. The average molecular weight is 318 g/mol. The fraction of sp³-hybridized carbons (Fsp3) is 0.600. The molecule has 0 saturated carbocycles. The standard InChI is InChI=1S/C15H22N6O2/c1-10(2)12-16-5-6-20(12)7-11-8-21(9-11)13-17-14(22-3)19-15(18-13)23-4/h5-6,10-11H,7-9H2,1-4H3. The highest BCUT2D eigenvalue weighted by molar-refractivity contribution is 5.36. The predicted octanol–water partition coefficient (Wildman–Crippen LogP) is 1.35. The predicted molar refractivity (Wildman–Crippen MR) is 85.0 cm³/mol. The summed E-state index contributed by atoms with van der Waals surface area (Å²) in [5.41, 5.74) is 0. The molecule has 2 aromatic rings. The molecule has 2 aromatic heterocycles. The van der Waals surface area contributed by atoms with Crippen molar-refractivity contribution in [2.45, 2.75) is 26.3 Å². The summed E-state index contributed by atoms with van der Waals surface area (Å²) in [4.78, 5) is 19.1. The van der Waals surface area contributed by atoms with Crippen molar-refractivity contribution in [1.29, 1.82) is 0 Å². The van der Waals surface area contributed by atoms with Crippen LogP contribution in [0, 0.1) is 5.92 Å². The maximum atomic E-state index is 5.09. The number of hydrogen-bond donors (Lipinski definition) is 0. The summed E-state index contributed by atoms with van der Waals surface area (Å²) in [7, 11) is 3.06. The monoisotopic (exact) mass is 318 g/mol. The molecule has 124 valence electrons. The highest BCUT2D eigenvalue weighted by Crippen LogP contribution is 2.26. The Morgan fingerprint density at radius 1 is 1.13 bits per heavy atom. The minimum absolute atomic E-state index is 0.270. The van der Waals surface area contributed by atoms with Gasteiger partial charge < -0.3 is 18.9 Å². The van der Waals surface area contributed by atoms with Crippen molar-refractivity contribution in [2.24, 2.45) is 5.92 Å². The van der Waals surface area contributed by atoms with Gasteiger partial charge in [-0.05, 0) is 0 Å². The lowest BCUT2D eigenvalue weighted by Gasteiger charge is -2.39. The number of nitrogens with zero attached hydrogens (tertiary/aromatic N) is 6. The molecule has 0 bridgehead atoms. The van der Waals surface area contributed by atoms with E-state index in [1.807, 2.05) is 12.4 Å². The molecule has 0 atom stereocenters. The summed E-state index contributed by atoms with van der Waals surface area (Å²) in [6.07, 6.45) is 3.92. The summed E-state index contributed by atoms with van der Waals surface area (Å²) >= 11 is 0. The third-order valence-electron chi connectivity index (χ3n) is 3.91. The molecule has 8 nitrogen and oxygen atoms in total. The highest BCUT2D eigenvalue weighted by Gasteiger charge is 2.30. The third-order valence-corrected chi connectivity index (χ3v) is 3.91. The summed E-state index contributed by atoms with van der Waals surface area (Å²) in [6.45, 7) is 7.08. The zero-order chi connectivity index (χ0) is 16.4. The lowest BCUT2D eigenvalue weighted by Crippen LogP contribution is -2.49. The number of aromatic nitrogens is 5. The van der Waals surface area contributed by atoms with Crippen molar-refractivity contribution >= 4 is 5.95 Å². The average Bonchev–Trinajstić information content (AvgIpc) is 2.98. The van der Waals surface area contributed by atoms with Crippen LogP contribution in [0.3, 0.4) is 0 Å². The number of anilines is 1. The van der Waals surface area contributed by atoms with Gasteiger partial charge in [-0.3, -0.25) is 0 Å². The van der Waals surface area contributed by atoms with Gasteiger partial charge in [0.25, 0.3) is 0 Å². The Kier molecular flexibility index (Phi) is 4.31. The third kappa shape index (κ3) is 3.20. The summed E-state index contributed by atoms with van der Waals surface area (Å²) in [5.74, 6) is 2.71. The van der Waals surface area contributed by atoms with E-state index in [9.17, 15) is 0 Å². The lowest BCUT2D eigenvalue weighted by atomic mass is 10.0. The van der Waals surface area contributed by atoms with Crippen LogP contribution >= 0.6 is 0 Å². The fourth-order valence-corrected chi connectivity index (χ4v) is 2.75. The van der Waals surface area contributed by atoms with E-state index in [4.69, 9.17) is 9.47 Å². The van der Waals surface area contributed by atoms with Crippen LogP contribution in [-0.2, 0) is 6.54 Å². The second kappa shape index (κ2) is 6.39. The maximum Gasteiger partial charge on any atom is 0.324 e. The molecule has 0 unspecified atom stereocenters. The van der Waals surface area contributed by atoms with Gasteiger partial charge in [-0.25, -0.2) is 4.98 Å². The molecule has 0 aliphatic carbocycles. The van der Waals surface area contributed by atoms with Gasteiger partial charge in [0.05, 0.1) is 14.2 Å². The van der Waals surface area contributed by atoms with E-state index in [1.165, 1.54) is 14.2 Å². The Balaban J connectivity index is 1.64. The van der Waals surface area contributed by atoms with Crippen molar-refractivity contribution in [3.8, 4) is 12.0 Å². The van der Waals surface area contributed by atoms with Gasteiger partial charge in [-0.2, -0.15) is 9.97 Å². The molecule has 0 amide bonds. The number of ether oxygens (including phenoxy) is 2. The van der Waals surface area contributed by atoms with Crippen LogP contribution in [-0.4, -0.2) is 51.8 Å². The molecule has 1 fully saturated rings. The zero-order valence-corrected chi connectivity index (χ0v) is 13.9. The minimum atomic E-state index is 0.270. The van der Waals surface area contributed by atoms with Crippen LogP contribution in [0.2, 0.25) is 0 Å². The van der Waals surface area contributed by atoms with Crippen LogP contribution in [0.4, 0.5) is 5.95 Å². The van der Waals surface area contributed by atoms with E-state index in [0.717, 1.165) is 25.5 Å². The van der Waals surface area contributed by atoms with Crippen molar-refractivity contribution in [2.75, 3.05) is 32.2 Å². The van der Waals surface area contributed by atoms with Crippen molar-refractivity contribution < 1.29 is 9.47 Å². The highest BCUT2D eigenvalue weighted by atomic mass is 16.5. The van der Waals surface area contributed by atoms with Gasteiger partial charge in [0.15, 0.2) is 0 Å². The molecule has 3 heterocycles. The minimum Gasteiger partial charge on any atom is -0.467 e. The second-order valence-corrected chi connectivity index (χ2v) is 5.97. The van der Waals surface area contributed by atoms with Gasteiger partial charge in [-0.15, -0.1) is 4.98 Å². The molecule has 0 aromatic carbocycles. The van der Waals surface area contributed by atoms with E-state index in [0.29, 0.717) is 17.8 Å². The van der Waals surface area contributed by atoms with Crippen LogP contribution < -0.4 is 14.4 Å². The lowest BCUT2D eigenvalue weighted by molar-refractivity contribution is 0.324. The van der Waals surface area contributed by atoms with Gasteiger partial charge >= 0.3 is 12.0 Å². The van der Waals surface area contributed by atoms with Gasteiger partial charge in [-0.1, -0.05) is 13.8 Å². The number of imidazole rings is 1. The van der Waals surface area contributed by atoms with Crippen molar-refractivity contribution in [3.05, 3.63) is 18.2 Å². The molecule has 3 rings (SSSR count). The summed E-state index contributed by atoms with van der Waals surface area (Å²) < 4.78 is 12.4. The van der Waals surface area contributed by atoms with E-state index >= 15 is 0 Å². The zero-order valence-electron chi connectivity index (χ0n) is 13.9. The Morgan fingerprint density at radius 3 is 2.35 bits per heavy atom. The SMILES string of the molecule is COc1nc(OC)nc(N2CC(Cn3ccnc3C(C)C)C2)n1. The fourth-order valence-electron chi connectivity index (χ4n) is 2.75. The number of hydrogen-bond acceptors (Lipinski definition) is 7. The summed E-state index contributed by atoms with van der Waals surface area (Å²) in [5, 5.41) is 0. The summed E-state index contributed by atoms with van der Waals surface area (Å²) in [6, 6.07) is 0.541. The first kappa shape index (κ1) is 15.5. The van der Waals surface area contributed by atoms with E-state index in [1.54, 1.807) is 0 Å². The Labute approximate surface area is 135 Å². The van der Waals surface area contributed by atoms with Crippen molar-refractivity contribution in [1.82, 2.24) is 24.5 Å². The molecule has 23 heavy (non-hydrogen) atoms. The van der Waals surface area contributed by atoms with E-state index in [-0.39, 0.29) is 12.0 Å². The Hall–Kier alpha value is -2.38. The Morgan fingerprint density at radius 2 is 1.78 bits per heavy atom. The first-order valence-corrected chi connectivity index (χ1v) is 7.70. The van der Waals surface area contributed by atoms with Crippen LogP contribution in [0.15, 0.2) is 12.4 Å². The quantitative estimate of drug-likeness (QED) is 0.795. The van der Waals surface area contributed by atoms with Gasteiger partial charge in [0.1, 0.15) is 5.82 Å². The molecule has 1 aliphatic heterocycles. The first-order valence-electron chi connectivity index (χ1n) is 7.70. The first-order chi connectivity index (χ1) is 11.1. The topological polar surface area (TPSA) is 78.2 Å². The maximum absolute atomic E-state index is 5.09. The van der Waals surface area contributed by atoms with Crippen LogP contribution in [0.25, 0.3) is 0 Å². The molecule has 1 aliphatic rings. The normalized spacial score (nSPS) is 14.9. The Bertz CT molecular complexity index is 643. The van der Waals surface area contributed by atoms with Gasteiger partial charge in [0, 0.05) is 43.9 Å². The molecular weight excluding hydrogens is 296 g/mol. The van der Waals surface area contributed by atoms with E-state index < -0.39 is 0 Å². The molecule has 0 radical (unpaired) electrons. The molecular formula is C15H22N6O2. The molecule has 0 N–H and O–H groups in total. The number of methoxy groups -OCH3 is 2. The largest absolute Gasteiger partial charge is 0.467 e. The van der Waals surface area contributed by atoms with E-state index in [2.05, 4.69) is 43.3 Å². The van der Waals surface area contributed by atoms with Gasteiger partial charge in [0.2, 0.25) is 5.95 Å². The smallest absolute Gasteiger partial charge is 0.324 e. The molecule has 8 heteroatoms. The molecule has 1 saturated heterocycles. The van der Waals surface area contributed by atoms with Crippen molar-refractivity contribution in [3.63, 3.8) is 0 Å². The van der Waals surface area contributed by atoms with Crippen LogP contribution in [0.1, 0.15) is 25.6 Å². The second-order valence-electron chi connectivity index (χ2n) is 5.97. The van der Waals surface area contributed by atoms with Crippen LogP contribution in [0.5, 0.6) is 12.0 Å².